The van der Waals surface area contributed by atoms with E-state index in [0.29, 0.717) is 16.2 Å². The molecule has 19 heavy (non-hydrogen) atoms. The molecule has 4 nitrogen and oxygen atoms in total. The Bertz CT molecular complexity index is 631. The Morgan fingerprint density at radius 3 is 2.74 bits per heavy atom. The number of rotatable bonds is 3. The number of nitrogens with one attached hydrogen (secondary N) is 1. The number of aryl methyl sites for hydroxylation is 1. The van der Waals surface area contributed by atoms with Gasteiger partial charge in [0, 0.05) is 6.07 Å². The number of nitrogens with zero attached hydrogens (tertiary/aromatic N) is 2. The molecule has 0 bridgehead atoms. The van der Waals surface area contributed by atoms with Gasteiger partial charge < -0.3 is 5.21 Å². The third-order valence-electron chi connectivity index (χ3n) is 2.41. The number of anilines is 1. The summed E-state index contributed by atoms with van der Waals surface area (Å²) in [4.78, 5) is 0.449. The summed E-state index contributed by atoms with van der Waals surface area (Å²) >= 11 is 5.62. The van der Waals surface area contributed by atoms with Crippen LogP contribution in [0.4, 0.5) is 15.8 Å². The summed E-state index contributed by atoms with van der Waals surface area (Å²) in [5, 5.41) is 15.3. The molecule has 0 radical (unpaired) electrons. The SMILES string of the molecule is Cc1cccc(/[N+]([O-])=N/Nc2ccc(F)c(Cl)c2)c1. The monoisotopic (exact) mass is 279 g/mol. The van der Waals surface area contributed by atoms with Crippen molar-refractivity contribution < 1.29 is 9.25 Å². The third kappa shape index (κ3) is 3.42. The highest BCUT2D eigenvalue weighted by Gasteiger charge is 2.04. The van der Waals surface area contributed by atoms with Crippen molar-refractivity contribution in [3.63, 3.8) is 0 Å². The lowest BCUT2D eigenvalue weighted by Gasteiger charge is -2.06. The van der Waals surface area contributed by atoms with Gasteiger partial charge in [-0.05, 0) is 36.8 Å². The van der Waals surface area contributed by atoms with E-state index < -0.39 is 5.82 Å². The van der Waals surface area contributed by atoms with Crippen LogP contribution >= 0.6 is 11.6 Å². The van der Waals surface area contributed by atoms with Gasteiger partial charge in [-0.2, -0.15) is 0 Å². The topological polar surface area (TPSA) is 50.5 Å². The standard InChI is InChI=1S/C13H11ClFN3O/c1-9-3-2-4-11(7-9)18(19)17-16-10-5-6-13(15)12(14)8-10/h2-8,16H,1H3/b18-17-. The molecule has 0 amide bonds. The Kier molecular flexibility index (Phi) is 3.97. The van der Waals surface area contributed by atoms with Crippen LogP contribution in [0.3, 0.4) is 0 Å². The Balaban J connectivity index is 2.15. The van der Waals surface area contributed by atoms with E-state index in [1.54, 1.807) is 18.2 Å². The summed E-state index contributed by atoms with van der Waals surface area (Å²) in [7, 11) is 0. The van der Waals surface area contributed by atoms with E-state index in [9.17, 15) is 9.60 Å². The van der Waals surface area contributed by atoms with Crippen LogP contribution in [-0.2, 0) is 0 Å². The molecule has 0 aliphatic carbocycles. The van der Waals surface area contributed by atoms with Crippen molar-refractivity contribution in [2.45, 2.75) is 6.92 Å². The number of hydrogen-bond donors (Lipinski definition) is 1. The first-order valence-electron chi connectivity index (χ1n) is 5.52. The Morgan fingerprint density at radius 1 is 1.26 bits per heavy atom. The molecule has 98 valence electrons. The maximum atomic E-state index is 12.9. The zero-order valence-electron chi connectivity index (χ0n) is 10.1. The van der Waals surface area contributed by atoms with Crippen molar-refractivity contribution in [1.82, 2.24) is 0 Å². The Labute approximate surface area is 114 Å². The van der Waals surface area contributed by atoms with Crippen molar-refractivity contribution in [2.75, 3.05) is 5.43 Å². The zero-order chi connectivity index (χ0) is 13.8. The predicted molar refractivity (Wildman–Crippen MR) is 71.9 cm³/mol. The highest BCUT2D eigenvalue weighted by Crippen LogP contribution is 2.20. The molecule has 6 heteroatoms. The molecule has 1 N–H and O–H groups in total. The zero-order valence-corrected chi connectivity index (χ0v) is 10.9. The fourth-order valence-electron chi connectivity index (χ4n) is 1.47. The van der Waals surface area contributed by atoms with Gasteiger partial charge >= 0.3 is 0 Å². The summed E-state index contributed by atoms with van der Waals surface area (Å²) in [6, 6.07) is 11.0. The number of halogens is 2. The first-order chi connectivity index (χ1) is 9.06. The van der Waals surface area contributed by atoms with Gasteiger partial charge in [0.2, 0.25) is 0 Å². The second-order valence-corrected chi connectivity index (χ2v) is 4.36. The maximum absolute atomic E-state index is 12.9. The molecule has 0 saturated heterocycles. The van der Waals surface area contributed by atoms with Gasteiger partial charge in [0.25, 0.3) is 0 Å². The van der Waals surface area contributed by atoms with Crippen molar-refractivity contribution in [3.05, 3.63) is 64.1 Å². The molecule has 0 aliphatic heterocycles. The van der Waals surface area contributed by atoms with Crippen molar-refractivity contribution in [2.24, 2.45) is 5.22 Å². The lowest BCUT2D eigenvalue weighted by molar-refractivity contribution is -0.439. The van der Waals surface area contributed by atoms with Crippen LogP contribution in [0.5, 0.6) is 0 Å². The summed E-state index contributed by atoms with van der Waals surface area (Å²) in [6.07, 6.45) is 0. The smallest absolute Gasteiger partial charge is 0.154 e. The minimum absolute atomic E-state index is 0.0341. The van der Waals surface area contributed by atoms with Crippen LogP contribution in [0.15, 0.2) is 47.7 Å². The van der Waals surface area contributed by atoms with E-state index in [-0.39, 0.29) is 5.02 Å². The summed E-state index contributed by atoms with van der Waals surface area (Å²) in [5.41, 5.74) is 4.31. The van der Waals surface area contributed by atoms with E-state index in [1.807, 2.05) is 13.0 Å². The van der Waals surface area contributed by atoms with Gasteiger partial charge in [0.15, 0.2) is 5.69 Å². The predicted octanol–water partition coefficient (Wildman–Crippen LogP) is 4.41. The lowest BCUT2D eigenvalue weighted by Crippen LogP contribution is -1.98. The molecule has 0 aromatic heterocycles. The first-order valence-corrected chi connectivity index (χ1v) is 5.90. The molecule has 0 unspecified atom stereocenters. The van der Waals surface area contributed by atoms with Crippen LogP contribution in [-0.4, -0.2) is 4.86 Å². The average Bonchev–Trinajstić information content (AvgIpc) is 2.40. The molecule has 2 aromatic rings. The van der Waals surface area contributed by atoms with Crippen LogP contribution in [0.1, 0.15) is 5.56 Å². The first kappa shape index (κ1) is 13.3. The molecule has 0 aliphatic rings. The Morgan fingerprint density at radius 2 is 2.05 bits per heavy atom. The third-order valence-corrected chi connectivity index (χ3v) is 2.70. The highest BCUT2D eigenvalue weighted by atomic mass is 35.5. The molecular weight excluding hydrogens is 269 g/mol. The normalized spacial score (nSPS) is 11.4. The maximum Gasteiger partial charge on any atom is 0.154 e. The minimum atomic E-state index is -0.523. The average molecular weight is 280 g/mol. The van der Waals surface area contributed by atoms with Gasteiger partial charge in [-0.25, -0.2) is 4.39 Å². The van der Waals surface area contributed by atoms with Gasteiger partial charge in [-0.1, -0.05) is 23.7 Å². The van der Waals surface area contributed by atoms with Crippen molar-refractivity contribution in [1.29, 1.82) is 0 Å². The van der Waals surface area contributed by atoms with Gasteiger partial charge in [-0.3, -0.25) is 0 Å². The van der Waals surface area contributed by atoms with E-state index in [2.05, 4.69) is 10.6 Å². The van der Waals surface area contributed by atoms with Crippen molar-refractivity contribution in [3.8, 4) is 0 Å². The fraction of sp³-hybridized carbons (Fsp3) is 0.0769. The molecular formula is C13H11ClFN3O. The molecule has 2 aromatic carbocycles. The molecule has 0 fully saturated rings. The minimum Gasteiger partial charge on any atom is -0.691 e. The summed E-state index contributed by atoms with van der Waals surface area (Å²) in [5.74, 6) is -0.523. The van der Waals surface area contributed by atoms with Crippen LogP contribution in [0, 0.1) is 17.9 Å². The second kappa shape index (κ2) is 5.67. The highest BCUT2D eigenvalue weighted by molar-refractivity contribution is 6.31. The van der Waals surface area contributed by atoms with E-state index in [1.165, 1.54) is 18.2 Å². The molecule has 0 atom stereocenters. The largest absolute Gasteiger partial charge is 0.691 e. The van der Waals surface area contributed by atoms with Crippen LogP contribution in [0.25, 0.3) is 0 Å². The van der Waals surface area contributed by atoms with Crippen LogP contribution in [0.2, 0.25) is 5.02 Å². The number of benzene rings is 2. The molecule has 0 spiro atoms. The lowest BCUT2D eigenvalue weighted by atomic mass is 10.2. The fourth-order valence-corrected chi connectivity index (χ4v) is 1.65. The quantitative estimate of drug-likeness (QED) is 0.514. The van der Waals surface area contributed by atoms with Crippen LogP contribution < -0.4 is 5.43 Å². The number of hydrogen-bond acceptors (Lipinski definition) is 2. The summed E-state index contributed by atoms with van der Waals surface area (Å²) in [6.45, 7) is 1.88. The van der Waals surface area contributed by atoms with Gasteiger partial charge in [0.05, 0.1) is 10.2 Å². The summed E-state index contributed by atoms with van der Waals surface area (Å²) < 4.78 is 12.9. The van der Waals surface area contributed by atoms with E-state index in [4.69, 9.17) is 11.6 Å². The molecule has 0 heterocycles. The molecule has 2 rings (SSSR count). The Hall–Kier alpha value is -2.14. The van der Waals surface area contributed by atoms with Crippen molar-refractivity contribution >= 4 is 23.0 Å². The molecule has 0 saturated carbocycles. The van der Waals surface area contributed by atoms with E-state index in [0.717, 1.165) is 5.56 Å². The van der Waals surface area contributed by atoms with Gasteiger partial charge in [-0.15, -0.1) is 10.3 Å². The van der Waals surface area contributed by atoms with E-state index >= 15 is 0 Å². The van der Waals surface area contributed by atoms with Gasteiger partial charge in [0.1, 0.15) is 11.5 Å². The second-order valence-electron chi connectivity index (χ2n) is 3.95.